The number of fused-ring (bicyclic) bond motifs is 1. The van der Waals surface area contributed by atoms with E-state index in [0.717, 1.165) is 10.1 Å². The maximum atomic E-state index is 11.8. The average Bonchev–Trinajstić information content (AvgIpc) is 2.81. The third kappa shape index (κ3) is 2.91. The first-order valence-electron chi connectivity index (χ1n) is 6.36. The lowest BCUT2D eigenvalue weighted by Gasteiger charge is -2.09. The van der Waals surface area contributed by atoms with E-state index in [1.54, 1.807) is 19.1 Å². The minimum Gasteiger partial charge on any atom is -0.491 e. The molecule has 0 N–H and O–H groups in total. The standard InChI is InChI=1S/C15H15NO3S/c1-4-18-15(17)13-7-10-5-12(19-9(2)3)6-11(8-16)14(10)20-13/h5-7,9H,4H2,1-3H3. The van der Waals surface area contributed by atoms with E-state index in [2.05, 4.69) is 6.07 Å². The predicted molar refractivity (Wildman–Crippen MR) is 78.3 cm³/mol. The number of esters is 1. The minimum atomic E-state index is -0.357. The fourth-order valence-electron chi connectivity index (χ4n) is 1.85. The molecular formula is C15H15NO3S. The van der Waals surface area contributed by atoms with E-state index in [9.17, 15) is 10.1 Å². The third-order valence-electron chi connectivity index (χ3n) is 2.56. The number of hydrogen-bond acceptors (Lipinski definition) is 5. The second kappa shape index (κ2) is 5.93. The number of nitrogens with zero attached hydrogens (tertiary/aromatic N) is 1. The molecule has 20 heavy (non-hydrogen) atoms. The highest BCUT2D eigenvalue weighted by Gasteiger charge is 2.15. The Balaban J connectivity index is 2.50. The lowest BCUT2D eigenvalue weighted by molar-refractivity contribution is 0.0532. The summed E-state index contributed by atoms with van der Waals surface area (Å²) in [5.74, 6) is 0.279. The first kappa shape index (κ1) is 14.4. The lowest BCUT2D eigenvalue weighted by Crippen LogP contribution is -2.05. The Bertz CT molecular complexity index is 682. The van der Waals surface area contributed by atoms with Gasteiger partial charge in [0.05, 0.1) is 23.0 Å². The van der Waals surface area contributed by atoms with Crippen LogP contribution in [0.3, 0.4) is 0 Å². The van der Waals surface area contributed by atoms with E-state index in [1.165, 1.54) is 11.3 Å². The Kier molecular flexibility index (Phi) is 4.26. The van der Waals surface area contributed by atoms with E-state index >= 15 is 0 Å². The number of hydrogen-bond donors (Lipinski definition) is 0. The third-order valence-corrected chi connectivity index (χ3v) is 3.72. The van der Waals surface area contributed by atoms with Crippen LogP contribution in [0.2, 0.25) is 0 Å². The Hall–Kier alpha value is -2.06. The molecule has 1 aromatic carbocycles. The van der Waals surface area contributed by atoms with Crippen LogP contribution < -0.4 is 4.74 Å². The van der Waals surface area contributed by atoms with Crippen molar-refractivity contribution in [3.05, 3.63) is 28.6 Å². The van der Waals surface area contributed by atoms with Crippen molar-refractivity contribution in [2.24, 2.45) is 0 Å². The maximum Gasteiger partial charge on any atom is 0.348 e. The fourth-order valence-corrected chi connectivity index (χ4v) is 2.85. The van der Waals surface area contributed by atoms with Gasteiger partial charge >= 0.3 is 5.97 Å². The lowest BCUT2D eigenvalue weighted by atomic mass is 10.1. The number of carbonyl (C=O) groups excluding carboxylic acids is 1. The molecule has 104 valence electrons. The van der Waals surface area contributed by atoms with Crippen molar-refractivity contribution in [2.45, 2.75) is 26.9 Å². The molecule has 0 amide bonds. The van der Waals surface area contributed by atoms with Crippen molar-refractivity contribution in [3.63, 3.8) is 0 Å². The number of benzene rings is 1. The number of nitriles is 1. The van der Waals surface area contributed by atoms with E-state index in [1.807, 2.05) is 19.9 Å². The Labute approximate surface area is 121 Å². The Morgan fingerprint density at radius 1 is 1.40 bits per heavy atom. The van der Waals surface area contributed by atoms with Crippen LogP contribution >= 0.6 is 11.3 Å². The van der Waals surface area contributed by atoms with Gasteiger partial charge in [0.15, 0.2) is 0 Å². The van der Waals surface area contributed by atoms with Crippen molar-refractivity contribution in [3.8, 4) is 11.8 Å². The Morgan fingerprint density at radius 3 is 2.75 bits per heavy atom. The zero-order valence-electron chi connectivity index (χ0n) is 11.6. The first-order chi connectivity index (χ1) is 9.55. The zero-order chi connectivity index (χ0) is 14.7. The van der Waals surface area contributed by atoms with Gasteiger partial charge in [0.25, 0.3) is 0 Å². The monoisotopic (exact) mass is 289 g/mol. The molecule has 0 unspecified atom stereocenters. The van der Waals surface area contributed by atoms with Gasteiger partial charge in [-0.2, -0.15) is 5.26 Å². The van der Waals surface area contributed by atoms with E-state index in [0.29, 0.717) is 22.8 Å². The molecule has 5 heteroatoms. The summed E-state index contributed by atoms with van der Waals surface area (Å²) in [6.45, 7) is 5.95. The molecule has 2 rings (SSSR count). The molecule has 0 aliphatic carbocycles. The van der Waals surface area contributed by atoms with Gasteiger partial charge in [0.1, 0.15) is 16.7 Å². The van der Waals surface area contributed by atoms with Crippen LogP contribution in [0.4, 0.5) is 0 Å². The molecule has 1 heterocycles. The van der Waals surface area contributed by atoms with Crippen LogP contribution in [0.15, 0.2) is 18.2 Å². The summed E-state index contributed by atoms with van der Waals surface area (Å²) in [6, 6.07) is 7.43. The second-order valence-corrected chi connectivity index (χ2v) is 5.55. The van der Waals surface area contributed by atoms with Crippen LogP contribution in [0.5, 0.6) is 5.75 Å². The summed E-state index contributed by atoms with van der Waals surface area (Å²) in [6.07, 6.45) is 0.0298. The summed E-state index contributed by atoms with van der Waals surface area (Å²) in [7, 11) is 0. The molecule has 0 saturated carbocycles. The summed E-state index contributed by atoms with van der Waals surface area (Å²) in [4.78, 5) is 12.3. The molecule has 0 radical (unpaired) electrons. The fraction of sp³-hybridized carbons (Fsp3) is 0.333. The summed E-state index contributed by atoms with van der Waals surface area (Å²) in [5.41, 5.74) is 0.513. The Morgan fingerprint density at radius 2 is 2.15 bits per heavy atom. The minimum absolute atomic E-state index is 0.0298. The molecule has 0 spiro atoms. The van der Waals surface area contributed by atoms with Gasteiger partial charge in [-0.25, -0.2) is 4.79 Å². The van der Waals surface area contributed by atoms with Crippen molar-refractivity contribution in [1.29, 1.82) is 5.26 Å². The number of carbonyl (C=O) groups is 1. The van der Waals surface area contributed by atoms with Crippen molar-refractivity contribution >= 4 is 27.4 Å². The van der Waals surface area contributed by atoms with Gasteiger partial charge in [-0.15, -0.1) is 11.3 Å². The van der Waals surface area contributed by atoms with Gasteiger partial charge in [-0.05, 0) is 44.4 Å². The quantitative estimate of drug-likeness (QED) is 0.804. The van der Waals surface area contributed by atoms with Gasteiger partial charge < -0.3 is 9.47 Å². The highest BCUT2D eigenvalue weighted by atomic mass is 32.1. The molecular weight excluding hydrogens is 274 g/mol. The SMILES string of the molecule is CCOC(=O)c1cc2cc(OC(C)C)cc(C#N)c2s1. The molecule has 0 bridgehead atoms. The molecule has 4 nitrogen and oxygen atoms in total. The molecule has 2 aromatic rings. The van der Waals surface area contributed by atoms with Crippen LogP contribution in [-0.4, -0.2) is 18.7 Å². The van der Waals surface area contributed by atoms with E-state index in [4.69, 9.17) is 9.47 Å². The molecule has 0 atom stereocenters. The highest BCUT2D eigenvalue weighted by Crippen LogP contribution is 2.33. The van der Waals surface area contributed by atoms with Crippen molar-refractivity contribution < 1.29 is 14.3 Å². The molecule has 1 aromatic heterocycles. The van der Waals surface area contributed by atoms with Crippen molar-refractivity contribution in [2.75, 3.05) is 6.61 Å². The van der Waals surface area contributed by atoms with Gasteiger partial charge in [-0.1, -0.05) is 0 Å². The molecule has 0 aliphatic heterocycles. The summed E-state index contributed by atoms with van der Waals surface area (Å²) in [5, 5.41) is 10.1. The smallest absolute Gasteiger partial charge is 0.348 e. The predicted octanol–water partition coefficient (Wildman–Crippen LogP) is 3.74. The van der Waals surface area contributed by atoms with Gasteiger partial charge in [0.2, 0.25) is 0 Å². The van der Waals surface area contributed by atoms with Crippen LogP contribution in [0, 0.1) is 11.3 Å². The number of thiophene rings is 1. The number of ether oxygens (including phenoxy) is 2. The zero-order valence-corrected chi connectivity index (χ0v) is 12.4. The maximum absolute atomic E-state index is 11.8. The first-order valence-corrected chi connectivity index (χ1v) is 7.18. The van der Waals surface area contributed by atoms with Gasteiger partial charge in [-0.3, -0.25) is 0 Å². The molecule has 0 saturated heterocycles. The van der Waals surface area contributed by atoms with Crippen LogP contribution in [-0.2, 0) is 4.74 Å². The van der Waals surface area contributed by atoms with Gasteiger partial charge in [0, 0.05) is 0 Å². The van der Waals surface area contributed by atoms with Crippen LogP contribution in [0.25, 0.3) is 10.1 Å². The van der Waals surface area contributed by atoms with Crippen LogP contribution in [0.1, 0.15) is 36.0 Å². The summed E-state index contributed by atoms with van der Waals surface area (Å²) >= 11 is 1.27. The molecule has 0 aliphatic rings. The molecule has 0 fully saturated rings. The highest BCUT2D eigenvalue weighted by molar-refractivity contribution is 7.21. The van der Waals surface area contributed by atoms with E-state index < -0.39 is 0 Å². The largest absolute Gasteiger partial charge is 0.491 e. The topological polar surface area (TPSA) is 59.3 Å². The number of rotatable bonds is 4. The average molecular weight is 289 g/mol. The van der Waals surface area contributed by atoms with E-state index in [-0.39, 0.29) is 12.1 Å². The summed E-state index contributed by atoms with van der Waals surface area (Å²) < 4.78 is 11.4. The van der Waals surface area contributed by atoms with Crippen molar-refractivity contribution in [1.82, 2.24) is 0 Å². The normalized spacial score (nSPS) is 10.6. The second-order valence-electron chi connectivity index (χ2n) is 4.50.